The molecule has 1 N–H and O–H groups in total. The highest BCUT2D eigenvalue weighted by Gasteiger charge is 2.06. The molecule has 2 aromatic heterocycles. The maximum Gasteiger partial charge on any atom is 0.150 e. The Morgan fingerprint density at radius 3 is 2.88 bits per heavy atom. The third-order valence-electron chi connectivity index (χ3n) is 2.57. The van der Waals surface area contributed by atoms with Crippen LogP contribution in [0.15, 0.2) is 34.9 Å². The van der Waals surface area contributed by atoms with Gasteiger partial charge in [-0.15, -0.1) is 0 Å². The van der Waals surface area contributed by atoms with Gasteiger partial charge in [-0.25, -0.2) is 4.98 Å². The molecule has 0 spiro atoms. The summed E-state index contributed by atoms with van der Waals surface area (Å²) in [5.74, 6) is 0. The summed E-state index contributed by atoms with van der Waals surface area (Å²) in [6.45, 7) is 0. The molecule has 0 aliphatic heterocycles. The third kappa shape index (κ3) is 1.34. The molecule has 0 saturated heterocycles. The van der Waals surface area contributed by atoms with Gasteiger partial charge in [0.1, 0.15) is 10.9 Å². The van der Waals surface area contributed by atoms with Crippen LogP contribution in [0, 0.1) is 0 Å². The summed E-state index contributed by atoms with van der Waals surface area (Å²) < 4.78 is 0.806. The molecular formula is C12H7BrN2O. The summed E-state index contributed by atoms with van der Waals surface area (Å²) in [6, 6.07) is 9.39. The zero-order chi connectivity index (χ0) is 11.1. The average Bonchev–Trinajstić information content (AvgIpc) is 2.66. The predicted octanol–water partition coefficient (Wildman–Crippen LogP) is 3.29. The van der Waals surface area contributed by atoms with Gasteiger partial charge in [-0.3, -0.25) is 4.79 Å². The molecule has 3 aromatic rings. The molecule has 2 heterocycles. The van der Waals surface area contributed by atoms with E-state index in [1.165, 1.54) is 0 Å². The summed E-state index contributed by atoms with van der Waals surface area (Å²) >= 11 is 3.35. The van der Waals surface area contributed by atoms with Crippen LogP contribution in [0.5, 0.6) is 0 Å². The van der Waals surface area contributed by atoms with E-state index < -0.39 is 0 Å². The first-order valence-electron chi connectivity index (χ1n) is 4.81. The number of aldehydes is 1. The van der Waals surface area contributed by atoms with Crippen molar-refractivity contribution in [2.45, 2.75) is 0 Å². The predicted molar refractivity (Wildman–Crippen MR) is 66.7 cm³/mol. The quantitative estimate of drug-likeness (QED) is 0.547. The molecule has 0 bridgehead atoms. The van der Waals surface area contributed by atoms with E-state index in [9.17, 15) is 4.79 Å². The molecule has 0 saturated carbocycles. The van der Waals surface area contributed by atoms with E-state index in [0.29, 0.717) is 5.56 Å². The molecule has 0 unspecified atom stereocenters. The number of carbonyl (C=O) groups is 1. The number of nitrogens with zero attached hydrogens (tertiary/aromatic N) is 1. The number of nitrogens with one attached hydrogen (secondary N) is 1. The Kier molecular flexibility index (Phi) is 2.04. The Balaban J connectivity index is 2.46. The van der Waals surface area contributed by atoms with Gasteiger partial charge in [-0.05, 0) is 40.2 Å². The highest BCUT2D eigenvalue weighted by molar-refractivity contribution is 9.10. The summed E-state index contributed by atoms with van der Waals surface area (Å²) in [5, 5.41) is 1.03. The summed E-state index contributed by atoms with van der Waals surface area (Å²) in [4.78, 5) is 18.3. The van der Waals surface area contributed by atoms with Gasteiger partial charge in [0.25, 0.3) is 0 Å². The van der Waals surface area contributed by atoms with Gasteiger partial charge in [0.15, 0.2) is 0 Å². The van der Waals surface area contributed by atoms with E-state index in [4.69, 9.17) is 0 Å². The van der Waals surface area contributed by atoms with Crippen molar-refractivity contribution < 1.29 is 4.79 Å². The maximum absolute atomic E-state index is 10.7. The number of rotatable bonds is 1. The monoisotopic (exact) mass is 274 g/mol. The largest absolute Gasteiger partial charge is 0.353 e. The second-order valence-electron chi connectivity index (χ2n) is 3.58. The number of H-pyrrole nitrogens is 1. The number of carbonyl (C=O) groups excluding carboxylic acids is 1. The van der Waals surface area contributed by atoms with E-state index in [2.05, 4.69) is 25.9 Å². The van der Waals surface area contributed by atoms with Crippen molar-refractivity contribution in [3.8, 4) is 0 Å². The Morgan fingerprint density at radius 2 is 2.06 bits per heavy atom. The van der Waals surface area contributed by atoms with E-state index in [-0.39, 0.29) is 0 Å². The molecule has 3 rings (SSSR count). The van der Waals surface area contributed by atoms with Crippen LogP contribution < -0.4 is 0 Å². The molecule has 16 heavy (non-hydrogen) atoms. The molecule has 4 heteroatoms. The number of hydrogen-bond acceptors (Lipinski definition) is 2. The fourth-order valence-corrected chi connectivity index (χ4v) is 2.14. The lowest BCUT2D eigenvalue weighted by atomic mass is 10.2. The Morgan fingerprint density at radius 1 is 1.19 bits per heavy atom. The molecule has 0 atom stereocenters. The van der Waals surface area contributed by atoms with Gasteiger partial charge < -0.3 is 4.98 Å². The van der Waals surface area contributed by atoms with Crippen molar-refractivity contribution in [1.82, 2.24) is 9.97 Å². The minimum absolute atomic E-state index is 0.665. The lowest BCUT2D eigenvalue weighted by Gasteiger charge is -1.92. The molecule has 3 nitrogen and oxygen atoms in total. The number of benzene rings is 1. The highest BCUT2D eigenvalue weighted by atomic mass is 79.9. The Hall–Kier alpha value is -1.68. The van der Waals surface area contributed by atoms with E-state index in [1.807, 2.05) is 24.3 Å². The molecule has 0 amide bonds. The van der Waals surface area contributed by atoms with Gasteiger partial charge >= 0.3 is 0 Å². The topological polar surface area (TPSA) is 45.8 Å². The van der Waals surface area contributed by atoms with E-state index in [1.54, 1.807) is 6.07 Å². The minimum Gasteiger partial charge on any atom is -0.353 e. The van der Waals surface area contributed by atoms with Gasteiger partial charge in [-0.1, -0.05) is 6.07 Å². The SMILES string of the molecule is O=Cc1ccc2c(c1)[nH]c1ccc(Br)nc12. The maximum atomic E-state index is 10.7. The summed E-state index contributed by atoms with van der Waals surface area (Å²) in [6.07, 6.45) is 0.842. The van der Waals surface area contributed by atoms with Crippen LogP contribution in [0.3, 0.4) is 0 Å². The number of fused-ring (bicyclic) bond motifs is 3. The summed E-state index contributed by atoms with van der Waals surface area (Å²) in [7, 11) is 0. The number of aromatic nitrogens is 2. The van der Waals surface area contributed by atoms with Crippen molar-refractivity contribution in [1.29, 1.82) is 0 Å². The first-order chi connectivity index (χ1) is 7.78. The summed E-state index contributed by atoms with van der Waals surface area (Å²) in [5.41, 5.74) is 3.49. The van der Waals surface area contributed by atoms with Crippen LogP contribution in [-0.2, 0) is 0 Å². The number of hydrogen-bond donors (Lipinski definition) is 1. The van der Waals surface area contributed by atoms with Crippen LogP contribution in [0.25, 0.3) is 21.9 Å². The zero-order valence-corrected chi connectivity index (χ0v) is 9.78. The number of halogens is 1. The van der Waals surface area contributed by atoms with E-state index in [0.717, 1.165) is 32.8 Å². The molecule has 0 aliphatic carbocycles. The highest BCUT2D eigenvalue weighted by Crippen LogP contribution is 2.25. The molecule has 78 valence electrons. The van der Waals surface area contributed by atoms with E-state index >= 15 is 0 Å². The molecular weight excluding hydrogens is 268 g/mol. The lowest BCUT2D eigenvalue weighted by Crippen LogP contribution is -1.78. The second-order valence-corrected chi connectivity index (χ2v) is 4.39. The first-order valence-corrected chi connectivity index (χ1v) is 5.60. The van der Waals surface area contributed by atoms with Crippen molar-refractivity contribution in [3.63, 3.8) is 0 Å². The molecule has 0 radical (unpaired) electrons. The minimum atomic E-state index is 0.665. The molecule has 1 aromatic carbocycles. The average molecular weight is 275 g/mol. The standard InChI is InChI=1S/C12H7BrN2O/c13-11-4-3-9-12(15-11)8-2-1-7(6-16)5-10(8)14-9/h1-6,14H. The van der Waals surface area contributed by atoms with Gasteiger partial charge in [0.05, 0.1) is 11.0 Å². The normalized spacial score (nSPS) is 11.1. The van der Waals surface area contributed by atoms with Crippen LogP contribution in [0.2, 0.25) is 0 Å². The van der Waals surface area contributed by atoms with Crippen molar-refractivity contribution in [2.75, 3.05) is 0 Å². The fourth-order valence-electron chi connectivity index (χ4n) is 1.83. The van der Waals surface area contributed by atoms with Gasteiger partial charge in [0, 0.05) is 16.5 Å². The zero-order valence-electron chi connectivity index (χ0n) is 8.20. The first kappa shape index (κ1) is 9.54. The van der Waals surface area contributed by atoms with Crippen LogP contribution in [0.1, 0.15) is 10.4 Å². The van der Waals surface area contributed by atoms with Crippen LogP contribution in [-0.4, -0.2) is 16.3 Å². The number of pyridine rings is 1. The molecule has 0 aliphatic rings. The van der Waals surface area contributed by atoms with Crippen molar-refractivity contribution >= 4 is 44.2 Å². The lowest BCUT2D eigenvalue weighted by molar-refractivity contribution is 0.112. The second kappa shape index (κ2) is 3.42. The fraction of sp³-hybridized carbons (Fsp3) is 0. The van der Waals surface area contributed by atoms with Crippen LogP contribution >= 0.6 is 15.9 Å². The van der Waals surface area contributed by atoms with Gasteiger partial charge in [-0.2, -0.15) is 0 Å². The van der Waals surface area contributed by atoms with Crippen molar-refractivity contribution in [2.24, 2.45) is 0 Å². The number of aromatic amines is 1. The Labute approximate surface area is 99.6 Å². The smallest absolute Gasteiger partial charge is 0.150 e. The molecule has 0 fully saturated rings. The Bertz CT molecular complexity index is 703. The van der Waals surface area contributed by atoms with Crippen LogP contribution in [0.4, 0.5) is 0 Å². The van der Waals surface area contributed by atoms with Crippen molar-refractivity contribution in [3.05, 3.63) is 40.5 Å². The van der Waals surface area contributed by atoms with Gasteiger partial charge in [0.2, 0.25) is 0 Å². The third-order valence-corrected chi connectivity index (χ3v) is 3.01.